The molecule has 0 aromatic heterocycles. The number of nitrogens with zero attached hydrogens (tertiary/aromatic N) is 1. The molecule has 0 spiro atoms. The summed E-state index contributed by atoms with van der Waals surface area (Å²) in [5, 5.41) is 0.445. The van der Waals surface area contributed by atoms with Crippen molar-refractivity contribution in [1.29, 1.82) is 0 Å². The van der Waals surface area contributed by atoms with Gasteiger partial charge in [0, 0.05) is 11.6 Å². The number of hydrogen-bond acceptors (Lipinski definition) is 5. The Balaban J connectivity index is 1.82. The molecular formula is C18H19ClN2O5S2. The number of sulfonamides is 2. The van der Waals surface area contributed by atoms with Gasteiger partial charge in [0.2, 0.25) is 26.0 Å². The van der Waals surface area contributed by atoms with E-state index in [1.165, 1.54) is 24.3 Å². The van der Waals surface area contributed by atoms with Crippen LogP contribution in [-0.2, 0) is 31.4 Å². The van der Waals surface area contributed by atoms with E-state index in [1.807, 2.05) is 0 Å². The minimum Gasteiger partial charge on any atom is -0.273 e. The van der Waals surface area contributed by atoms with Gasteiger partial charge in [0.15, 0.2) is 0 Å². The van der Waals surface area contributed by atoms with Crippen molar-refractivity contribution < 1.29 is 21.6 Å². The van der Waals surface area contributed by atoms with E-state index in [2.05, 4.69) is 4.72 Å². The molecule has 3 rings (SSSR count). The van der Waals surface area contributed by atoms with E-state index < -0.39 is 31.4 Å². The average Bonchev–Trinajstić information content (AvgIpc) is 2.77. The quantitative estimate of drug-likeness (QED) is 0.766. The Kier molecular flexibility index (Phi) is 5.30. The molecule has 1 amide bonds. The van der Waals surface area contributed by atoms with Gasteiger partial charge in [-0.2, -0.15) is 0 Å². The van der Waals surface area contributed by atoms with Crippen molar-refractivity contribution in [1.82, 2.24) is 4.72 Å². The van der Waals surface area contributed by atoms with Gasteiger partial charge in [0.05, 0.1) is 21.8 Å². The second kappa shape index (κ2) is 7.14. The molecule has 0 saturated carbocycles. The van der Waals surface area contributed by atoms with Crippen LogP contribution in [0.4, 0.5) is 5.69 Å². The molecule has 150 valence electrons. The van der Waals surface area contributed by atoms with Crippen LogP contribution in [0.5, 0.6) is 0 Å². The lowest BCUT2D eigenvalue weighted by Crippen LogP contribution is -2.33. The summed E-state index contributed by atoms with van der Waals surface area (Å²) in [4.78, 5) is 12.4. The fourth-order valence-electron chi connectivity index (χ4n) is 2.92. The second-order valence-electron chi connectivity index (χ2n) is 7.12. The van der Waals surface area contributed by atoms with Gasteiger partial charge in [-0.25, -0.2) is 25.9 Å². The minimum absolute atomic E-state index is 0.0109. The predicted molar refractivity (Wildman–Crippen MR) is 107 cm³/mol. The van der Waals surface area contributed by atoms with Gasteiger partial charge in [-0.15, -0.1) is 0 Å². The molecule has 1 fully saturated rings. The van der Waals surface area contributed by atoms with Crippen LogP contribution in [0.2, 0.25) is 5.02 Å². The van der Waals surface area contributed by atoms with E-state index in [9.17, 15) is 21.6 Å². The molecule has 1 aliphatic rings. The molecule has 0 unspecified atom stereocenters. The van der Waals surface area contributed by atoms with Crippen molar-refractivity contribution in [2.45, 2.75) is 25.3 Å². The van der Waals surface area contributed by atoms with Crippen molar-refractivity contribution in [2.75, 3.05) is 10.1 Å². The molecule has 10 heteroatoms. The topological polar surface area (TPSA) is 101 Å². The SMILES string of the molecule is CC1(C)CS(=O)(=O)N(c2ccc(S(=O)(=O)NCc3ccccc3Cl)cc2)C1=O. The molecule has 28 heavy (non-hydrogen) atoms. The molecule has 1 N–H and O–H groups in total. The van der Waals surface area contributed by atoms with Gasteiger partial charge in [-0.05, 0) is 49.7 Å². The zero-order chi connectivity index (χ0) is 20.7. The van der Waals surface area contributed by atoms with Crippen molar-refractivity contribution in [3.63, 3.8) is 0 Å². The zero-order valence-corrected chi connectivity index (χ0v) is 17.6. The summed E-state index contributed by atoms with van der Waals surface area (Å²) < 4.78 is 52.8. The number of halogens is 1. The highest BCUT2D eigenvalue weighted by Crippen LogP contribution is 2.35. The monoisotopic (exact) mass is 442 g/mol. The summed E-state index contributed by atoms with van der Waals surface area (Å²) in [6.45, 7) is 3.13. The Bertz CT molecular complexity index is 1130. The lowest BCUT2D eigenvalue weighted by Gasteiger charge is -2.17. The van der Waals surface area contributed by atoms with Crippen molar-refractivity contribution in [3.05, 3.63) is 59.1 Å². The number of anilines is 1. The number of amides is 1. The normalized spacial score (nSPS) is 18.4. The van der Waals surface area contributed by atoms with Crippen LogP contribution < -0.4 is 9.03 Å². The highest BCUT2D eigenvalue weighted by atomic mass is 35.5. The van der Waals surface area contributed by atoms with E-state index in [4.69, 9.17) is 11.6 Å². The highest BCUT2D eigenvalue weighted by molar-refractivity contribution is 7.94. The van der Waals surface area contributed by atoms with E-state index in [-0.39, 0.29) is 22.9 Å². The van der Waals surface area contributed by atoms with Gasteiger partial charge in [-0.3, -0.25) is 4.79 Å². The Morgan fingerprint density at radius 1 is 1.11 bits per heavy atom. The van der Waals surface area contributed by atoms with E-state index in [0.717, 1.165) is 4.31 Å². The zero-order valence-electron chi connectivity index (χ0n) is 15.2. The first-order valence-corrected chi connectivity index (χ1v) is 11.8. The maximum Gasteiger partial charge on any atom is 0.247 e. The van der Waals surface area contributed by atoms with Crippen LogP contribution in [0.1, 0.15) is 19.4 Å². The molecule has 2 aromatic carbocycles. The Hall–Kier alpha value is -1.94. The largest absolute Gasteiger partial charge is 0.273 e. The number of carbonyl (C=O) groups excluding carboxylic acids is 1. The van der Waals surface area contributed by atoms with Gasteiger partial charge in [-0.1, -0.05) is 29.8 Å². The first kappa shape index (κ1) is 20.8. The van der Waals surface area contributed by atoms with Gasteiger partial charge >= 0.3 is 0 Å². The van der Waals surface area contributed by atoms with Gasteiger partial charge in [0.1, 0.15) is 0 Å². The molecule has 0 aliphatic carbocycles. The Morgan fingerprint density at radius 3 is 2.25 bits per heavy atom. The van der Waals surface area contributed by atoms with Crippen LogP contribution in [0.25, 0.3) is 0 Å². The van der Waals surface area contributed by atoms with Crippen molar-refractivity contribution in [3.8, 4) is 0 Å². The second-order valence-corrected chi connectivity index (χ2v) is 11.1. The third-order valence-electron chi connectivity index (χ3n) is 4.38. The third-order valence-corrected chi connectivity index (χ3v) is 8.18. The molecule has 1 heterocycles. The number of rotatable bonds is 5. The highest BCUT2D eigenvalue weighted by Gasteiger charge is 2.49. The average molecular weight is 443 g/mol. The molecule has 2 aromatic rings. The van der Waals surface area contributed by atoms with Crippen LogP contribution in [-0.4, -0.2) is 28.5 Å². The third kappa shape index (κ3) is 3.93. The molecule has 1 saturated heterocycles. The molecule has 0 bridgehead atoms. The summed E-state index contributed by atoms with van der Waals surface area (Å²) in [6.07, 6.45) is 0. The maximum atomic E-state index is 12.5. The molecule has 0 atom stereocenters. The lowest BCUT2D eigenvalue weighted by molar-refractivity contribution is -0.123. The van der Waals surface area contributed by atoms with Crippen LogP contribution in [0.3, 0.4) is 0 Å². The van der Waals surface area contributed by atoms with Gasteiger partial charge < -0.3 is 0 Å². The predicted octanol–water partition coefficient (Wildman–Crippen LogP) is 2.52. The van der Waals surface area contributed by atoms with E-state index >= 15 is 0 Å². The van der Waals surface area contributed by atoms with Crippen LogP contribution in [0, 0.1) is 5.41 Å². The fourth-order valence-corrected chi connectivity index (χ4v) is 6.24. The van der Waals surface area contributed by atoms with Crippen LogP contribution in [0.15, 0.2) is 53.4 Å². The summed E-state index contributed by atoms with van der Waals surface area (Å²) in [5.74, 6) is -0.835. The molecule has 1 aliphatic heterocycles. The van der Waals surface area contributed by atoms with E-state index in [1.54, 1.807) is 38.1 Å². The van der Waals surface area contributed by atoms with Crippen molar-refractivity contribution in [2.24, 2.45) is 5.41 Å². The molecule has 0 radical (unpaired) electrons. The standard InChI is InChI=1S/C18H19ClN2O5S2/c1-18(2)12-27(23,24)21(17(18)22)14-7-9-15(10-8-14)28(25,26)20-11-13-5-3-4-6-16(13)19/h3-10,20H,11-12H2,1-2H3. The minimum atomic E-state index is -3.84. The first-order valence-electron chi connectivity index (χ1n) is 8.35. The lowest BCUT2D eigenvalue weighted by atomic mass is 9.95. The molecular weight excluding hydrogens is 424 g/mol. The summed E-state index contributed by atoms with van der Waals surface area (Å²) in [5.41, 5.74) is -0.291. The number of nitrogens with one attached hydrogen (secondary N) is 1. The summed E-state index contributed by atoms with van der Waals surface area (Å²) >= 11 is 6.03. The van der Waals surface area contributed by atoms with Crippen LogP contribution >= 0.6 is 11.6 Å². The smallest absolute Gasteiger partial charge is 0.247 e. The summed E-state index contributed by atoms with van der Waals surface area (Å²) in [6, 6.07) is 12.0. The molecule has 7 nitrogen and oxygen atoms in total. The Labute approximate surface area is 169 Å². The summed E-state index contributed by atoms with van der Waals surface area (Å²) in [7, 11) is -7.63. The van der Waals surface area contributed by atoms with Crippen molar-refractivity contribution >= 4 is 43.2 Å². The maximum absolute atomic E-state index is 12.5. The number of carbonyl (C=O) groups is 1. The number of hydrogen-bond donors (Lipinski definition) is 1. The first-order chi connectivity index (χ1) is 12.9. The fraction of sp³-hybridized carbons (Fsp3) is 0.278. The van der Waals surface area contributed by atoms with Gasteiger partial charge in [0.25, 0.3) is 0 Å². The Morgan fingerprint density at radius 2 is 1.71 bits per heavy atom. The van der Waals surface area contributed by atoms with E-state index in [0.29, 0.717) is 10.6 Å². The number of benzene rings is 2.